The summed E-state index contributed by atoms with van der Waals surface area (Å²) in [5, 5.41) is 14.7. The van der Waals surface area contributed by atoms with E-state index in [9.17, 15) is 18.7 Å². The third-order valence-corrected chi connectivity index (χ3v) is 7.88. The van der Waals surface area contributed by atoms with E-state index in [0.29, 0.717) is 28.2 Å². The Morgan fingerprint density at radius 2 is 1.89 bits per heavy atom. The number of carboxylic acids is 1. The largest absolute Gasteiger partial charge is 0.481 e. The maximum atomic E-state index is 14.4. The van der Waals surface area contributed by atoms with Crippen molar-refractivity contribution in [2.45, 2.75) is 51.6 Å². The van der Waals surface area contributed by atoms with Crippen LogP contribution in [0.2, 0.25) is 0 Å². The van der Waals surface area contributed by atoms with Gasteiger partial charge in [0, 0.05) is 41.5 Å². The van der Waals surface area contributed by atoms with E-state index >= 15 is 0 Å². The fourth-order valence-corrected chi connectivity index (χ4v) is 6.19. The molecule has 7 nitrogen and oxygen atoms in total. The van der Waals surface area contributed by atoms with Crippen molar-refractivity contribution >= 4 is 33.7 Å². The average Bonchev–Trinajstić information content (AvgIpc) is 3.44. The van der Waals surface area contributed by atoms with Crippen LogP contribution in [0.4, 0.5) is 14.6 Å². The summed E-state index contributed by atoms with van der Waals surface area (Å²) < 4.78 is 30.4. The first-order chi connectivity index (χ1) is 16.8. The van der Waals surface area contributed by atoms with Gasteiger partial charge in [-0.1, -0.05) is 0 Å². The van der Waals surface area contributed by atoms with E-state index in [-0.39, 0.29) is 29.4 Å². The molecule has 3 aliphatic carbocycles. The molecule has 0 radical (unpaired) electrons. The Balaban J connectivity index is 1.52. The van der Waals surface area contributed by atoms with Gasteiger partial charge in [0.25, 0.3) is 0 Å². The lowest BCUT2D eigenvalue weighted by Crippen LogP contribution is -2.51. The molecule has 3 aromatic heterocycles. The number of H-pyrrole nitrogens is 1. The number of rotatable bonds is 5. The Labute approximate surface area is 200 Å². The van der Waals surface area contributed by atoms with E-state index in [4.69, 9.17) is 9.97 Å². The molecule has 1 aromatic carbocycles. The molecule has 182 valence electrons. The van der Waals surface area contributed by atoms with Gasteiger partial charge in [-0.05, 0) is 63.5 Å². The van der Waals surface area contributed by atoms with Crippen molar-refractivity contribution in [3.8, 4) is 11.4 Å². The third-order valence-electron chi connectivity index (χ3n) is 7.88. The van der Waals surface area contributed by atoms with E-state index in [1.165, 1.54) is 6.07 Å². The monoisotopic (exact) mass is 479 g/mol. The molecule has 3 saturated carbocycles. The van der Waals surface area contributed by atoms with Gasteiger partial charge in [0.05, 0.1) is 16.8 Å². The third kappa shape index (κ3) is 3.47. The number of aromatic amines is 1. The number of hydrogen-bond donors (Lipinski definition) is 3. The molecule has 2 bridgehead atoms. The highest BCUT2D eigenvalue weighted by Gasteiger charge is 2.47. The van der Waals surface area contributed by atoms with Crippen LogP contribution in [0.5, 0.6) is 0 Å². The van der Waals surface area contributed by atoms with Crippen molar-refractivity contribution in [2.75, 3.05) is 5.32 Å². The summed E-state index contributed by atoms with van der Waals surface area (Å²) in [6.07, 6.45) is 7.42. The molecule has 0 spiro atoms. The Morgan fingerprint density at radius 3 is 2.60 bits per heavy atom. The van der Waals surface area contributed by atoms with Crippen LogP contribution in [-0.4, -0.2) is 36.6 Å². The van der Waals surface area contributed by atoms with Crippen LogP contribution in [0, 0.1) is 29.4 Å². The van der Waals surface area contributed by atoms with Gasteiger partial charge in [0.15, 0.2) is 5.82 Å². The predicted octanol–water partition coefficient (Wildman–Crippen LogP) is 5.74. The first-order valence-electron chi connectivity index (χ1n) is 12.2. The number of benzene rings is 1. The zero-order chi connectivity index (χ0) is 24.4. The molecule has 35 heavy (non-hydrogen) atoms. The van der Waals surface area contributed by atoms with Crippen LogP contribution in [0.3, 0.4) is 0 Å². The molecule has 9 heteroatoms. The maximum absolute atomic E-state index is 14.4. The summed E-state index contributed by atoms with van der Waals surface area (Å²) >= 11 is 0. The number of anilines is 1. The Hall–Kier alpha value is -3.49. The first-order valence-corrected chi connectivity index (χ1v) is 12.2. The molecular weight excluding hydrogens is 452 g/mol. The summed E-state index contributed by atoms with van der Waals surface area (Å²) in [6, 6.07) is 3.94. The van der Waals surface area contributed by atoms with Crippen molar-refractivity contribution in [1.82, 2.24) is 19.5 Å². The van der Waals surface area contributed by atoms with Gasteiger partial charge in [0.1, 0.15) is 23.1 Å². The second kappa shape index (κ2) is 8.03. The highest BCUT2D eigenvalue weighted by Crippen LogP contribution is 2.47. The topological polar surface area (TPSA) is 95.8 Å². The summed E-state index contributed by atoms with van der Waals surface area (Å²) in [4.78, 5) is 24.7. The fraction of sp³-hybridized carbons (Fsp3) is 0.423. The Morgan fingerprint density at radius 1 is 1.14 bits per heavy atom. The van der Waals surface area contributed by atoms with Gasteiger partial charge >= 0.3 is 5.97 Å². The molecule has 2 unspecified atom stereocenters. The quantitative estimate of drug-likeness (QED) is 0.339. The van der Waals surface area contributed by atoms with Crippen LogP contribution in [-0.2, 0) is 4.79 Å². The van der Waals surface area contributed by atoms with E-state index in [0.717, 1.165) is 37.1 Å². The van der Waals surface area contributed by atoms with Gasteiger partial charge in [-0.15, -0.1) is 0 Å². The van der Waals surface area contributed by atoms with E-state index in [1.54, 1.807) is 6.20 Å². The molecule has 4 aromatic rings. The van der Waals surface area contributed by atoms with Crippen molar-refractivity contribution in [1.29, 1.82) is 0 Å². The standard InChI is InChI=1S/C26H27F2N5O2/c1-12(2)33-8-7-16-23(30-21-14-5-3-13(4-6-14)20(21)26(34)35)31-24(32-25(16)33)18-11-29-22-17(18)9-15(27)10-19(22)28/h7-14,20-21,29H,3-6H2,1-2H3,(H,34,35)(H,30,31,32). The fourth-order valence-electron chi connectivity index (χ4n) is 6.19. The van der Waals surface area contributed by atoms with Gasteiger partial charge in [0.2, 0.25) is 0 Å². The summed E-state index contributed by atoms with van der Waals surface area (Å²) in [5.41, 5.74) is 1.36. The minimum absolute atomic E-state index is 0.124. The zero-order valence-corrected chi connectivity index (χ0v) is 19.6. The Kier molecular flexibility index (Phi) is 5.05. The van der Waals surface area contributed by atoms with Crippen molar-refractivity contribution in [3.63, 3.8) is 0 Å². The van der Waals surface area contributed by atoms with Crippen LogP contribution >= 0.6 is 0 Å². The molecule has 2 atom stereocenters. The highest BCUT2D eigenvalue weighted by atomic mass is 19.1. The van der Waals surface area contributed by atoms with Crippen molar-refractivity contribution < 1.29 is 18.7 Å². The molecular formula is C26H27F2N5O2. The SMILES string of the molecule is CC(C)n1ccc2c(NC3C4CCC(CC4)C3C(=O)O)nc(-c3c[nH]c4c(F)cc(F)cc34)nc21. The second-order valence-electron chi connectivity index (χ2n) is 10.2. The number of nitrogens with zero attached hydrogens (tertiary/aromatic N) is 3. The van der Waals surface area contributed by atoms with E-state index in [2.05, 4.69) is 10.3 Å². The number of hydrogen-bond acceptors (Lipinski definition) is 4. The molecule has 3 fully saturated rings. The number of aromatic nitrogens is 4. The summed E-state index contributed by atoms with van der Waals surface area (Å²) in [6.45, 7) is 4.09. The number of halogens is 2. The minimum Gasteiger partial charge on any atom is -0.481 e. The lowest BCUT2D eigenvalue weighted by Gasteiger charge is -2.47. The maximum Gasteiger partial charge on any atom is 0.308 e. The Bertz CT molecular complexity index is 1450. The number of carbonyl (C=O) groups is 1. The smallest absolute Gasteiger partial charge is 0.308 e. The van der Waals surface area contributed by atoms with Crippen molar-refractivity contribution in [2.24, 2.45) is 17.8 Å². The molecule has 3 aliphatic rings. The second-order valence-corrected chi connectivity index (χ2v) is 10.2. The number of nitrogens with one attached hydrogen (secondary N) is 2. The predicted molar refractivity (Wildman–Crippen MR) is 129 cm³/mol. The van der Waals surface area contributed by atoms with Gasteiger partial charge in [-0.25, -0.2) is 18.7 Å². The normalized spacial score (nSPS) is 24.0. The van der Waals surface area contributed by atoms with Crippen molar-refractivity contribution in [3.05, 3.63) is 42.2 Å². The summed E-state index contributed by atoms with van der Waals surface area (Å²) in [5.74, 6) is -1.31. The zero-order valence-electron chi connectivity index (χ0n) is 19.6. The number of carboxylic acid groups (broad SMARTS) is 1. The summed E-state index contributed by atoms with van der Waals surface area (Å²) in [7, 11) is 0. The molecule has 3 heterocycles. The van der Waals surface area contributed by atoms with Gasteiger partial charge in [-0.2, -0.15) is 0 Å². The molecule has 0 saturated heterocycles. The number of aliphatic carboxylic acids is 1. The van der Waals surface area contributed by atoms with Gasteiger partial charge in [-0.3, -0.25) is 4.79 Å². The number of fused-ring (bicyclic) bond motifs is 5. The first kappa shape index (κ1) is 22.0. The molecule has 7 rings (SSSR count). The molecule has 3 N–H and O–H groups in total. The van der Waals surface area contributed by atoms with Crippen LogP contribution in [0.15, 0.2) is 30.6 Å². The van der Waals surface area contributed by atoms with Gasteiger partial charge < -0.3 is 20.0 Å². The van der Waals surface area contributed by atoms with Crippen LogP contribution in [0.1, 0.15) is 45.6 Å². The van der Waals surface area contributed by atoms with Crippen LogP contribution in [0.25, 0.3) is 33.3 Å². The van der Waals surface area contributed by atoms with E-state index in [1.807, 2.05) is 30.7 Å². The molecule has 0 aliphatic heterocycles. The molecule has 0 amide bonds. The minimum atomic E-state index is -0.773. The lowest BCUT2D eigenvalue weighted by molar-refractivity contribution is -0.148. The van der Waals surface area contributed by atoms with E-state index < -0.39 is 23.5 Å². The highest BCUT2D eigenvalue weighted by molar-refractivity contribution is 5.97. The lowest BCUT2D eigenvalue weighted by atomic mass is 9.61. The van der Waals surface area contributed by atoms with Crippen LogP contribution < -0.4 is 5.32 Å². The average molecular weight is 480 g/mol.